The summed E-state index contributed by atoms with van der Waals surface area (Å²) in [5.41, 5.74) is 7.11. The lowest BCUT2D eigenvalue weighted by Crippen LogP contribution is -2.10. The maximum absolute atomic E-state index is 5.96. The van der Waals surface area contributed by atoms with Crippen molar-refractivity contribution >= 4 is 0 Å². The van der Waals surface area contributed by atoms with Crippen LogP contribution in [0.25, 0.3) is 0 Å². The number of nitrogens with two attached hydrogens (primary N) is 1. The highest BCUT2D eigenvalue weighted by Gasteiger charge is 2.10. The van der Waals surface area contributed by atoms with Gasteiger partial charge >= 0.3 is 0 Å². The number of aryl methyl sites for hydroxylation is 1. The zero-order valence-electron chi connectivity index (χ0n) is 8.71. The third kappa shape index (κ3) is 3.23. The average molecular weight is 181 g/mol. The van der Waals surface area contributed by atoms with E-state index in [0.717, 1.165) is 24.2 Å². The van der Waals surface area contributed by atoms with Gasteiger partial charge in [0.1, 0.15) is 5.76 Å². The Labute approximate surface area is 80.1 Å². The molecule has 1 aromatic rings. The first-order chi connectivity index (χ1) is 6.09. The Morgan fingerprint density at radius 1 is 1.38 bits per heavy atom. The minimum atomic E-state index is 0.0658. The van der Waals surface area contributed by atoms with Gasteiger partial charge in [0.25, 0.3) is 0 Å². The second-order valence-corrected chi connectivity index (χ2v) is 4.10. The fourth-order valence-electron chi connectivity index (χ4n) is 1.30. The molecule has 1 heterocycles. The first-order valence-corrected chi connectivity index (χ1v) is 4.90. The molecule has 74 valence electrons. The Hall–Kier alpha value is -0.760. The van der Waals surface area contributed by atoms with Crippen LogP contribution < -0.4 is 5.73 Å². The summed E-state index contributed by atoms with van der Waals surface area (Å²) in [6.45, 7) is 6.43. The number of hydrogen-bond acceptors (Lipinski definition) is 2. The van der Waals surface area contributed by atoms with Gasteiger partial charge in [0.15, 0.2) is 0 Å². The summed E-state index contributed by atoms with van der Waals surface area (Å²) >= 11 is 0. The topological polar surface area (TPSA) is 39.2 Å². The summed E-state index contributed by atoms with van der Waals surface area (Å²) in [5.74, 6) is 1.63. The Balaban J connectivity index is 2.44. The Kier molecular flexibility index (Phi) is 3.55. The highest BCUT2D eigenvalue weighted by atomic mass is 16.3. The minimum Gasteiger partial charge on any atom is -0.467 e. The molecule has 1 rings (SSSR count). The van der Waals surface area contributed by atoms with E-state index < -0.39 is 0 Å². The Bertz CT molecular complexity index is 252. The molecule has 1 aromatic heterocycles. The van der Waals surface area contributed by atoms with Crippen molar-refractivity contribution in [1.29, 1.82) is 0 Å². The first kappa shape index (κ1) is 10.3. The fourth-order valence-corrected chi connectivity index (χ4v) is 1.30. The maximum Gasteiger partial charge on any atom is 0.120 e. The number of rotatable bonds is 4. The minimum absolute atomic E-state index is 0.0658. The van der Waals surface area contributed by atoms with Crippen molar-refractivity contribution in [2.45, 2.75) is 39.7 Å². The molecule has 0 aliphatic rings. The molecule has 1 atom stereocenters. The summed E-state index contributed by atoms with van der Waals surface area (Å²) in [5, 5.41) is 0. The highest BCUT2D eigenvalue weighted by Crippen LogP contribution is 2.20. The molecule has 0 saturated carbocycles. The van der Waals surface area contributed by atoms with Gasteiger partial charge in [0.05, 0.1) is 12.3 Å². The van der Waals surface area contributed by atoms with Crippen LogP contribution in [-0.2, 0) is 0 Å². The van der Waals surface area contributed by atoms with E-state index in [4.69, 9.17) is 10.2 Å². The van der Waals surface area contributed by atoms with Gasteiger partial charge in [-0.3, -0.25) is 0 Å². The SMILES string of the molecule is Cc1coc(C(N)CCC(C)C)c1. The molecule has 0 saturated heterocycles. The largest absolute Gasteiger partial charge is 0.467 e. The fraction of sp³-hybridized carbons (Fsp3) is 0.636. The lowest BCUT2D eigenvalue weighted by atomic mass is 10.0. The van der Waals surface area contributed by atoms with E-state index in [0.29, 0.717) is 5.92 Å². The molecule has 0 radical (unpaired) electrons. The standard InChI is InChI=1S/C11H19NO/c1-8(2)4-5-10(12)11-6-9(3)7-13-11/h6-8,10H,4-5,12H2,1-3H3. The molecule has 2 heteroatoms. The van der Waals surface area contributed by atoms with Gasteiger partial charge in [-0.25, -0.2) is 0 Å². The van der Waals surface area contributed by atoms with Gasteiger partial charge in [0.2, 0.25) is 0 Å². The van der Waals surface area contributed by atoms with E-state index in [1.54, 1.807) is 6.26 Å². The normalized spacial score (nSPS) is 13.6. The quantitative estimate of drug-likeness (QED) is 0.775. The molecule has 0 fully saturated rings. The summed E-state index contributed by atoms with van der Waals surface area (Å²) in [6, 6.07) is 2.08. The second-order valence-electron chi connectivity index (χ2n) is 4.10. The van der Waals surface area contributed by atoms with Crippen molar-refractivity contribution in [3.8, 4) is 0 Å². The van der Waals surface area contributed by atoms with Crippen LogP contribution in [0.1, 0.15) is 44.1 Å². The van der Waals surface area contributed by atoms with E-state index in [-0.39, 0.29) is 6.04 Å². The van der Waals surface area contributed by atoms with E-state index in [2.05, 4.69) is 13.8 Å². The number of hydrogen-bond donors (Lipinski definition) is 1. The van der Waals surface area contributed by atoms with E-state index >= 15 is 0 Å². The molecule has 0 spiro atoms. The summed E-state index contributed by atoms with van der Waals surface area (Å²) in [6.07, 6.45) is 3.91. The van der Waals surface area contributed by atoms with Crippen molar-refractivity contribution in [3.63, 3.8) is 0 Å². The smallest absolute Gasteiger partial charge is 0.120 e. The van der Waals surface area contributed by atoms with Gasteiger partial charge < -0.3 is 10.2 Å². The number of furan rings is 1. The van der Waals surface area contributed by atoms with Gasteiger partial charge in [-0.15, -0.1) is 0 Å². The van der Waals surface area contributed by atoms with Gasteiger partial charge in [-0.2, -0.15) is 0 Å². The molecule has 0 bridgehead atoms. The van der Waals surface area contributed by atoms with Crippen LogP contribution in [0.2, 0.25) is 0 Å². The van der Waals surface area contributed by atoms with Gasteiger partial charge in [-0.05, 0) is 37.3 Å². The van der Waals surface area contributed by atoms with Crippen LogP contribution in [0, 0.1) is 12.8 Å². The molecule has 2 nitrogen and oxygen atoms in total. The van der Waals surface area contributed by atoms with Crippen molar-refractivity contribution in [2.75, 3.05) is 0 Å². The van der Waals surface area contributed by atoms with Crippen molar-refractivity contribution in [1.82, 2.24) is 0 Å². The molecule has 2 N–H and O–H groups in total. The van der Waals surface area contributed by atoms with E-state index in [9.17, 15) is 0 Å². The van der Waals surface area contributed by atoms with Crippen molar-refractivity contribution in [3.05, 3.63) is 23.7 Å². The zero-order chi connectivity index (χ0) is 9.84. The van der Waals surface area contributed by atoms with Crippen LogP contribution in [0.3, 0.4) is 0 Å². The van der Waals surface area contributed by atoms with E-state index in [1.807, 2.05) is 13.0 Å². The summed E-state index contributed by atoms with van der Waals surface area (Å²) in [4.78, 5) is 0. The van der Waals surface area contributed by atoms with Gasteiger partial charge in [0, 0.05) is 0 Å². The van der Waals surface area contributed by atoms with Crippen LogP contribution in [-0.4, -0.2) is 0 Å². The predicted octanol–water partition coefficient (Wildman–Crippen LogP) is 3.02. The van der Waals surface area contributed by atoms with Gasteiger partial charge in [-0.1, -0.05) is 13.8 Å². The Morgan fingerprint density at radius 2 is 2.08 bits per heavy atom. The molecule has 0 aliphatic heterocycles. The molecule has 0 amide bonds. The lowest BCUT2D eigenvalue weighted by Gasteiger charge is -2.09. The molecule has 0 aliphatic carbocycles. The molecular weight excluding hydrogens is 162 g/mol. The van der Waals surface area contributed by atoms with Crippen LogP contribution >= 0.6 is 0 Å². The summed E-state index contributed by atoms with van der Waals surface area (Å²) < 4.78 is 5.33. The highest BCUT2D eigenvalue weighted by molar-refractivity contribution is 5.13. The monoisotopic (exact) mass is 181 g/mol. The first-order valence-electron chi connectivity index (χ1n) is 4.90. The van der Waals surface area contributed by atoms with Crippen molar-refractivity contribution in [2.24, 2.45) is 11.7 Å². The average Bonchev–Trinajstić information content (AvgIpc) is 2.47. The van der Waals surface area contributed by atoms with Crippen LogP contribution in [0.4, 0.5) is 0 Å². The maximum atomic E-state index is 5.96. The third-order valence-corrected chi connectivity index (χ3v) is 2.17. The van der Waals surface area contributed by atoms with Crippen molar-refractivity contribution < 1.29 is 4.42 Å². The lowest BCUT2D eigenvalue weighted by molar-refractivity contribution is 0.424. The van der Waals surface area contributed by atoms with Crippen LogP contribution in [0.5, 0.6) is 0 Å². The Morgan fingerprint density at radius 3 is 2.54 bits per heavy atom. The molecular formula is C11H19NO. The second kappa shape index (κ2) is 4.47. The molecule has 13 heavy (non-hydrogen) atoms. The predicted molar refractivity (Wildman–Crippen MR) is 54.4 cm³/mol. The van der Waals surface area contributed by atoms with Crippen LogP contribution in [0.15, 0.2) is 16.7 Å². The zero-order valence-corrected chi connectivity index (χ0v) is 8.71. The van der Waals surface area contributed by atoms with E-state index in [1.165, 1.54) is 0 Å². The third-order valence-electron chi connectivity index (χ3n) is 2.17. The molecule has 1 unspecified atom stereocenters. The molecule has 0 aromatic carbocycles. The summed E-state index contributed by atoms with van der Waals surface area (Å²) in [7, 11) is 0.